The van der Waals surface area contributed by atoms with Crippen molar-refractivity contribution < 1.29 is 23.9 Å². The van der Waals surface area contributed by atoms with Crippen molar-refractivity contribution in [2.24, 2.45) is 0 Å². The summed E-state index contributed by atoms with van der Waals surface area (Å²) in [6.07, 6.45) is 6.28. The zero-order valence-electron chi connectivity index (χ0n) is 24.2. The number of pyridine rings is 1. The van der Waals surface area contributed by atoms with E-state index < -0.39 is 17.2 Å². The topological polar surface area (TPSA) is 112 Å². The predicted octanol–water partition coefficient (Wildman–Crippen LogP) is 5.48. The van der Waals surface area contributed by atoms with Crippen molar-refractivity contribution in [3.63, 3.8) is 0 Å². The summed E-state index contributed by atoms with van der Waals surface area (Å²) in [6.45, 7) is 2.12. The molecule has 0 radical (unpaired) electrons. The number of nitrogens with zero attached hydrogens (tertiary/aromatic N) is 3. The van der Waals surface area contributed by atoms with E-state index in [0.717, 1.165) is 24.5 Å². The lowest BCUT2D eigenvalue weighted by Gasteiger charge is -2.36. The molecule has 1 aliphatic heterocycles. The fourth-order valence-electron chi connectivity index (χ4n) is 5.55. The maximum Gasteiger partial charge on any atom is 0.341 e. The molecular formula is C34H30ClFN4O5. The molecule has 4 aromatic rings. The molecule has 3 aromatic carbocycles. The molecule has 1 amide bonds. The molecule has 11 heteroatoms. The highest BCUT2D eigenvalue weighted by Crippen LogP contribution is 2.38. The van der Waals surface area contributed by atoms with E-state index in [9.17, 15) is 24.3 Å². The van der Waals surface area contributed by atoms with Crippen LogP contribution in [0.2, 0.25) is 5.02 Å². The van der Waals surface area contributed by atoms with E-state index in [1.807, 2.05) is 21.9 Å². The Morgan fingerprint density at radius 3 is 2.40 bits per heavy atom. The maximum atomic E-state index is 15.3. The summed E-state index contributed by atoms with van der Waals surface area (Å²) in [4.78, 5) is 53.5. The quantitative estimate of drug-likeness (QED) is 0.186. The van der Waals surface area contributed by atoms with Crippen molar-refractivity contribution >= 4 is 57.6 Å². The molecule has 9 nitrogen and oxygen atoms in total. The molecular weight excluding hydrogens is 599 g/mol. The van der Waals surface area contributed by atoms with Crippen LogP contribution in [-0.4, -0.2) is 65.0 Å². The van der Waals surface area contributed by atoms with Gasteiger partial charge in [0.2, 0.25) is 11.3 Å². The number of rotatable bonds is 9. The van der Waals surface area contributed by atoms with E-state index >= 15 is 4.39 Å². The number of fused-ring (bicyclic) bond motifs is 1. The summed E-state index contributed by atoms with van der Waals surface area (Å²) in [6, 6.07) is 16.7. The van der Waals surface area contributed by atoms with Gasteiger partial charge in [0.05, 0.1) is 17.7 Å². The molecule has 1 saturated carbocycles. The zero-order chi connectivity index (χ0) is 31.7. The Balaban J connectivity index is 1.05. The highest BCUT2D eigenvalue weighted by Gasteiger charge is 2.28. The number of carboxylic acid groups (broad SMARTS) is 1. The number of piperazine rings is 1. The van der Waals surface area contributed by atoms with Gasteiger partial charge >= 0.3 is 5.97 Å². The number of carbonyl (C=O) groups is 3. The molecule has 230 valence electrons. The fraction of sp³-hybridized carbons (Fsp3) is 0.235. The van der Waals surface area contributed by atoms with Crippen LogP contribution in [0.1, 0.15) is 45.2 Å². The molecule has 45 heavy (non-hydrogen) atoms. The van der Waals surface area contributed by atoms with E-state index in [2.05, 4.69) is 5.32 Å². The highest BCUT2D eigenvalue weighted by molar-refractivity contribution is 6.30. The average Bonchev–Trinajstić information content (AvgIpc) is 3.86. The first kappa shape index (κ1) is 30.2. The molecule has 0 unspecified atom stereocenters. The highest BCUT2D eigenvalue weighted by atomic mass is 35.5. The smallest absolute Gasteiger partial charge is 0.341 e. The Morgan fingerprint density at radius 2 is 1.73 bits per heavy atom. The lowest BCUT2D eigenvalue weighted by atomic mass is 10.1. The van der Waals surface area contributed by atoms with Crippen LogP contribution in [0.4, 0.5) is 15.8 Å². The molecule has 6 rings (SSSR count). The van der Waals surface area contributed by atoms with Gasteiger partial charge in [0.1, 0.15) is 11.4 Å². The Labute approximate surface area is 263 Å². The van der Waals surface area contributed by atoms with Crippen LogP contribution in [0, 0.1) is 5.82 Å². The van der Waals surface area contributed by atoms with Gasteiger partial charge < -0.3 is 19.9 Å². The molecule has 0 atom stereocenters. The van der Waals surface area contributed by atoms with Crippen LogP contribution < -0.4 is 15.6 Å². The number of ketones is 1. The second-order valence-corrected chi connectivity index (χ2v) is 11.7. The molecule has 0 spiro atoms. The first-order chi connectivity index (χ1) is 21.7. The van der Waals surface area contributed by atoms with Crippen LogP contribution in [0.3, 0.4) is 0 Å². The molecule has 2 aliphatic rings. The van der Waals surface area contributed by atoms with Crippen LogP contribution >= 0.6 is 11.6 Å². The van der Waals surface area contributed by atoms with Gasteiger partial charge in [0, 0.05) is 60.1 Å². The van der Waals surface area contributed by atoms with Gasteiger partial charge in [-0.3, -0.25) is 19.3 Å². The Hall–Kier alpha value is -4.80. The summed E-state index contributed by atoms with van der Waals surface area (Å²) < 4.78 is 17.1. The fourth-order valence-corrected chi connectivity index (χ4v) is 5.75. The number of carboxylic acids is 1. The van der Waals surface area contributed by atoms with Crippen molar-refractivity contribution in [1.82, 2.24) is 9.47 Å². The number of allylic oxidation sites excluding steroid dienone is 1. The minimum Gasteiger partial charge on any atom is -0.477 e. The third-order valence-electron chi connectivity index (χ3n) is 8.08. The second kappa shape index (κ2) is 12.7. The lowest BCUT2D eigenvalue weighted by Crippen LogP contribution is -2.49. The van der Waals surface area contributed by atoms with Gasteiger partial charge in [0.25, 0.3) is 0 Å². The normalized spacial score (nSPS) is 15.5. The zero-order valence-corrected chi connectivity index (χ0v) is 25.0. The number of benzene rings is 3. The van der Waals surface area contributed by atoms with Crippen molar-refractivity contribution in [3.8, 4) is 0 Å². The van der Waals surface area contributed by atoms with Gasteiger partial charge in [-0.2, -0.15) is 0 Å². The molecule has 0 bridgehead atoms. The summed E-state index contributed by atoms with van der Waals surface area (Å²) in [7, 11) is 0. The molecule has 1 saturated heterocycles. The van der Waals surface area contributed by atoms with E-state index in [1.165, 1.54) is 12.3 Å². The maximum absolute atomic E-state index is 15.3. The Kier molecular flexibility index (Phi) is 8.51. The van der Waals surface area contributed by atoms with Gasteiger partial charge in [-0.25, -0.2) is 9.18 Å². The minimum atomic E-state index is -1.33. The third-order valence-corrected chi connectivity index (χ3v) is 8.32. The molecule has 2 fully saturated rings. The number of aromatic carboxylic acids is 1. The standard InChI is InChI=1S/C34H30ClFN4O5/c35-23-3-1-2-21(16-23)4-11-31(41)22-5-7-24(8-6-22)37-32(42)20-38-12-14-39(15-13-38)30-18-29-26(17-28(30)36)33(43)27(34(44)45)19-40(29)25-9-10-25/h1-8,11,16-19,25H,9-10,12-15,20H2,(H,37,42)(H,44,45)/b11-4+. The average molecular weight is 629 g/mol. The van der Waals surface area contributed by atoms with E-state index in [-0.39, 0.29) is 35.2 Å². The summed E-state index contributed by atoms with van der Waals surface area (Å²) in [5.41, 5.74) is 1.69. The van der Waals surface area contributed by atoms with Crippen LogP contribution in [-0.2, 0) is 4.79 Å². The van der Waals surface area contributed by atoms with E-state index in [1.54, 1.807) is 53.1 Å². The first-order valence-electron chi connectivity index (χ1n) is 14.6. The lowest BCUT2D eigenvalue weighted by molar-refractivity contribution is -0.117. The number of amides is 1. The van der Waals surface area contributed by atoms with E-state index in [0.29, 0.717) is 53.7 Å². The minimum absolute atomic E-state index is 0.0600. The predicted molar refractivity (Wildman–Crippen MR) is 172 cm³/mol. The van der Waals surface area contributed by atoms with Crippen LogP contribution in [0.15, 0.2) is 77.7 Å². The SMILES string of the molecule is O=C(CN1CCN(c2cc3c(cc2F)c(=O)c(C(=O)O)cn3C2CC2)CC1)Nc1ccc(C(=O)/C=C/c2cccc(Cl)c2)cc1. The summed E-state index contributed by atoms with van der Waals surface area (Å²) >= 11 is 5.99. The van der Waals surface area contributed by atoms with Crippen molar-refractivity contribution in [2.45, 2.75) is 18.9 Å². The summed E-state index contributed by atoms with van der Waals surface area (Å²) in [5, 5.41) is 13.0. The van der Waals surface area contributed by atoms with Gasteiger partial charge in [0.15, 0.2) is 5.78 Å². The van der Waals surface area contributed by atoms with Gasteiger partial charge in [-0.15, -0.1) is 0 Å². The number of anilines is 2. The number of aromatic nitrogens is 1. The molecule has 2 heterocycles. The molecule has 1 aliphatic carbocycles. The van der Waals surface area contributed by atoms with Crippen molar-refractivity contribution in [1.29, 1.82) is 0 Å². The van der Waals surface area contributed by atoms with Crippen molar-refractivity contribution in [3.05, 3.63) is 111 Å². The van der Waals surface area contributed by atoms with E-state index in [4.69, 9.17) is 11.6 Å². The monoisotopic (exact) mass is 628 g/mol. The Bertz CT molecular complexity index is 1890. The van der Waals surface area contributed by atoms with Crippen LogP contribution in [0.5, 0.6) is 0 Å². The van der Waals surface area contributed by atoms with Gasteiger partial charge in [-0.05, 0) is 73.0 Å². The molecule has 2 N–H and O–H groups in total. The summed E-state index contributed by atoms with van der Waals surface area (Å²) in [5.74, 6) is -2.29. The Morgan fingerprint density at radius 1 is 1.00 bits per heavy atom. The second-order valence-electron chi connectivity index (χ2n) is 11.3. The number of carbonyl (C=O) groups excluding carboxylic acids is 2. The third kappa shape index (κ3) is 6.82. The van der Waals surface area contributed by atoms with Crippen molar-refractivity contribution in [2.75, 3.05) is 42.9 Å². The number of hydrogen-bond acceptors (Lipinski definition) is 6. The number of hydrogen-bond donors (Lipinski definition) is 2. The number of nitrogens with one attached hydrogen (secondary N) is 1. The van der Waals surface area contributed by atoms with Gasteiger partial charge in [-0.1, -0.05) is 29.8 Å². The first-order valence-corrected chi connectivity index (χ1v) is 15.0. The largest absolute Gasteiger partial charge is 0.477 e. The number of halogens is 2. The molecule has 1 aromatic heterocycles. The van der Waals surface area contributed by atoms with Crippen LogP contribution in [0.25, 0.3) is 17.0 Å².